The van der Waals surface area contributed by atoms with E-state index in [0.717, 1.165) is 27.8 Å². The van der Waals surface area contributed by atoms with Crippen LogP contribution in [0.3, 0.4) is 0 Å². The molecule has 1 aromatic rings. The van der Waals surface area contributed by atoms with Gasteiger partial charge in [-0.25, -0.2) is 0 Å². The summed E-state index contributed by atoms with van der Waals surface area (Å²) in [4.78, 5) is 2.57. The second-order valence-corrected chi connectivity index (χ2v) is 7.44. The summed E-state index contributed by atoms with van der Waals surface area (Å²) in [5, 5.41) is 3.61. The van der Waals surface area contributed by atoms with Crippen LogP contribution in [0.15, 0.2) is 21.1 Å². The minimum absolute atomic E-state index is 0.503. The molecule has 2 rings (SSSR count). The van der Waals surface area contributed by atoms with E-state index in [0.29, 0.717) is 6.04 Å². The van der Waals surface area contributed by atoms with E-state index in [1.54, 1.807) is 7.11 Å². The molecule has 1 heterocycles. The molecule has 0 saturated carbocycles. The molecule has 0 bridgehead atoms. The molecule has 1 aromatic carbocycles. The summed E-state index contributed by atoms with van der Waals surface area (Å²) in [7, 11) is 1.68. The molecule has 1 fully saturated rings. The van der Waals surface area contributed by atoms with Crippen LogP contribution in [0, 0.1) is 0 Å². The number of nitrogens with one attached hydrogen (secondary N) is 1. The molecule has 1 atom stereocenters. The first kappa shape index (κ1) is 17.3. The maximum absolute atomic E-state index is 5.34. The Morgan fingerprint density at radius 2 is 1.81 bits per heavy atom. The van der Waals surface area contributed by atoms with Crippen LogP contribution in [0.1, 0.15) is 31.7 Å². The average Bonchev–Trinajstić information content (AvgIpc) is 2.46. The van der Waals surface area contributed by atoms with Crippen LogP contribution in [0.4, 0.5) is 0 Å². The van der Waals surface area contributed by atoms with Crippen molar-refractivity contribution in [2.45, 2.75) is 38.8 Å². The highest BCUT2D eigenvalue weighted by molar-refractivity contribution is 9.11. The van der Waals surface area contributed by atoms with E-state index in [1.165, 1.54) is 37.9 Å². The van der Waals surface area contributed by atoms with Crippen LogP contribution in [0.25, 0.3) is 0 Å². The van der Waals surface area contributed by atoms with Gasteiger partial charge in [-0.15, -0.1) is 0 Å². The maximum atomic E-state index is 5.34. The number of piperidine rings is 1. The molecule has 1 unspecified atom stereocenters. The highest BCUT2D eigenvalue weighted by Gasteiger charge is 2.13. The predicted octanol–water partition coefficient (Wildman–Crippen LogP) is 4.18. The van der Waals surface area contributed by atoms with E-state index in [9.17, 15) is 0 Å². The Balaban J connectivity index is 1.84. The van der Waals surface area contributed by atoms with Crippen molar-refractivity contribution in [3.8, 4) is 5.75 Å². The standard InChI is InChI=1S/C16H24Br2N2O/c1-12(11-20-6-4-3-5-7-20)19-10-13-8-14(17)16(21-2)15(18)9-13/h8-9,12,19H,3-7,10-11H2,1-2H3. The number of likely N-dealkylation sites (tertiary alicyclic amines) is 1. The smallest absolute Gasteiger partial charge is 0.147 e. The zero-order valence-corrected chi connectivity index (χ0v) is 16.0. The van der Waals surface area contributed by atoms with Gasteiger partial charge in [0, 0.05) is 19.1 Å². The third-order valence-electron chi connectivity index (χ3n) is 3.90. The lowest BCUT2D eigenvalue weighted by Gasteiger charge is -2.29. The largest absolute Gasteiger partial charge is 0.494 e. The van der Waals surface area contributed by atoms with Gasteiger partial charge in [-0.1, -0.05) is 6.42 Å². The number of ether oxygens (including phenoxy) is 1. The lowest BCUT2D eigenvalue weighted by molar-refractivity contribution is 0.209. The number of hydrogen-bond acceptors (Lipinski definition) is 3. The van der Waals surface area contributed by atoms with Gasteiger partial charge in [0.25, 0.3) is 0 Å². The van der Waals surface area contributed by atoms with Crippen LogP contribution in [0.2, 0.25) is 0 Å². The van der Waals surface area contributed by atoms with Gasteiger partial charge in [-0.2, -0.15) is 0 Å². The third-order valence-corrected chi connectivity index (χ3v) is 5.08. The molecular formula is C16H24Br2N2O. The van der Waals surface area contributed by atoms with Gasteiger partial charge in [0.05, 0.1) is 16.1 Å². The summed E-state index contributed by atoms with van der Waals surface area (Å²) in [5.41, 5.74) is 1.25. The van der Waals surface area contributed by atoms with Crippen LogP contribution in [-0.4, -0.2) is 37.7 Å². The summed E-state index contributed by atoms with van der Waals surface area (Å²) < 4.78 is 7.31. The van der Waals surface area contributed by atoms with Crippen LogP contribution >= 0.6 is 31.9 Å². The summed E-state index contributed by atoms with van der Waals surface area (Å²) >= 11 is 7.11. The second kappa shape index (κ2) is 8.51. The van der Waals surface area contributed by atoms with Gasteiger partial charge >= 0.3 is 0 Å². The Hall–Kier alpha value is -0.100. The van der Waals surface area contributed by atoms with Crippen LogP contribution in [0.5, 0.6) is 5.75 Å². The fourth-order valence-electron chi connectivity index (χ4n) is 2.80. The molecule has 0 aliphatic carbocycles. The van der Waals surface area contributed by atoms with Crippen molar-refractivity contribution in [1.82, 2.24) is 10.2 Å². The molecule has 21 heavy (non-hydrogen) atoms. The van der Waals surface area contributed by atoms with Gasteiger partial charge in [0.1, 0.15) is 5.75 Å². The monoisotopic (exact) mass is 418 g/mol. The Kier molecular flexibility index (Phi) is 6.99. The topological polar surface area (TPSA) is 24.5 Å². The molecule has 0 aromatic heterocycles. The molecule has 3 nitrogen and oxygen atoms in total. The van der Waals surface area contributed by atoms with Crippen molar-refractivity contribution in [1.29, 1.82) is 0 Å². The number of halogens is 2. The van der Waals surface area contributed by atoms with Gasteiger partial charge < -0.3 is 15.0 Å². The highest BCUT2D eigenvalue weighted by atomic mass is 79.9. The maximum Gasteiger partial charge on any atom is 0.147 e. The molecule has 1 aliphatic heterocycles. The predicted molar refractivity (Wildman–Crippen MR) is 95.0 cm³/mol. The van der Waals surface area contributed by atoms with E-state index in [1.807, 2.05) is 0 Å². The molecule has 1 saturated heterocycles. The summed E-state index contributed by atoms with van der Waals surface area (Å²) in [6, 6.07) is 4.73. The van der Waals surface area contributed by atoms with Crippen molar-refractivity contribution in [3.63, 3.8) is 0 Å². The van der Waals surface area contributed by atoms with Gasteiger partial charge in [0.15, 0.2) is 0 Å². The third kappa shape index (κ3) is 5.23. The zero-order chi connectivity index (χ0) is 15.2. The van der Waals surface area contributed by atoms with Crippen molar-refractivity contribution in [2.24, 2.45) is 0 Å². The summed E-state index contributed by atoms with van der Waals surface area (Å²) in [6.07, 6.45) is 4.10. The van der Waals surface area contributed by atoms with Crippen molar-refractivity contribution in [3.05, 3.63) is 26.6 Å². The Bertz CT molecular complexity index is 439. The summed E-state index contributed by atoms with van der Waals surface area (Å²) in [5.74, 6) is 0.847. The van der Waals surface area contributed by atoms with E-state index < -0.39 is 0 Å². The first-order chi connectivity index (χ1) is 10.1. The SMILES string of the molecule is COc1c(Br)cc(CNC(C)CN2CCCCC2)cc1Br. The fraction of sp³-hybridized carbons (Fsp3) is 0.625. The number of hydrogen-bond donors (Lipinski definition) is 1. The normalized spacial score (nSPS) is 17.7. The van der Waals surface area contributed by atoms with Crippen LogP contribution < -0.4 is 10.1 Å². The van der Waals surface area contributed by atoms with E-state index in [4.69, 9.17) is 4.74 Å². The molecule has 0 spiro atoms. The van der Waals surface area contributed by atoms with E-state index in [-0.39, 0.29) is 0 Å². The number of methoxy groups -OCH3 is 1. The first-order valence-corrected chi connectivity index (χ1v) is 9.16. The molecule has 118 valence electrons. The van der Waals surface area contributed by atoms with Crippen molar-refractivity contribution >= 4 is 31.9 Å². The second-order valence-electron chi connectivity index (χ2n) is 5.74. The lowest BCUT2D eigenvalue weighted by Crippen LogP contribution is -2.41. The van der Waals surface area contributed by atoms with E-state index in [2.05, 4.69) is 61.1 Å². The molecule has 0 amide bonds. The molecule has 5 heteroatoms. The van der Waals surface area contributed by atoms with Crippen molar-refractivity contribution < 1.29 is 4.74 Å². The Morgan fingerprint density at radius 1 is 1.19 bits per heavy atom. The summed E-state index contributed by atoms with van der Waals surface area (Å²) in [6.45, 7) is 6.79. The first-order valence-electron chi connectivity index (χ1n) is 7.58. The lowest BCUT2D eigenvalue weighted by atomic mass is 10.1. The van der Waals surface area contributed by atoms with Gasteiger partial charge in [-0.3, -0.25) is 0 Å². The quantitative estimate of drug-likeness (QED) is 0.748. The number of benzene rings is 1. The average molecular weight is 420 g/mol. The fourth-order valence-corrected chi connectivity index (χ4v) is 4.40. The van der Waals surface area contributed by atoms with Gasteiger partial charge in [0.2, 0.25) is 0 Å². The van der Waals surface area contributed by atoms with E-state index >= 15 is 0 Å². The number of rotatable bonds is 6. The van der Waals surface area contributed by atoms with Gasteiger partial charge in [-0.05, 0) is 82.4 Å². The Morgan fingerprint density at radius 3 is 2.38 bits per heavy atom. The Labute approximate surface area is 144 Å². The van der Waals surface area contributed by atoms with Crippen LogP contribution in [-0.2, 0) is 6.54 Å². The molecule has 1 aliphatic rings. The number of nitrogens with zero attached hydrogens (tertiary/aromatic N) is 1. The minimum Gasteiger partial charge on any atom is -0.494 e. The molecular weight excluding hydrogens is 396 g/mol. The highest BCUT2D eigenvalue weighted by Crippen LogP contribution is 2.34. The minimum atomic E-state index is 0.503. The van der Waals surface area contributed by atoms with Crippen molar-refractivity contribution in [2.75, 3.05) is 26.7 Å². The zero-order valence-electron chi connectivity index (χ0n) is 12.8. The molecule has 1 N–H and O–H groups in total. The molecule has 0 radical (unpaired) electrons.